The van der Waals surface area contributed by atoms with Crippen molar-refractivity contribution < 1.29 is 0 Å². The summed E-state index contributed by atoms with van der Waals surface area (Å²) in [7, 11) is 0. The van der Waals surface area contributed by atoms with E-state index in [2.05, 4.69) is 70.2 Å². The smallest absolute Gasteiger partial charge is 0.0645 e. The summed E-state index contributed by atoms with van der Waals surface area (Å²) in [5.74, 6) is 0. The first kappa shape index (κ1) is 11.9. The van der Waals surface area contributed by atoms with Crippen molar-refractivity contribution in [1.29, 1.82) is 0 Å². The van der Waals surface area contributed by atoms with Gasteiger partial charge in [0, 0.05) is 11.6 Å². The molecule has 4 aromatic rings. The predicted molar refractivity (Wildman–Crippen MR) is 86.5 cm³/mol. The Kier molecular flexibility index (Phi) is 2.79. The lowest BCUT2D eigenvalue weighted by Crippen LogP contribution is -1.96. The summed E-state index contributed by atoms with van der Waals surface area (Å²) in [5.41, 5.74) is 4.67. The molecule has 4 rings (SSSR count). The van der Waals surface area contributed by atoms with Crippen LogP contribution in [0.2, 0.25) is 0 Å². The van der Waals surface area contributed by atoms with Gasteiger partial charge in [-0.15, -0.1) is 0 Å². The monoisotopic (exact) mass is 270 g/mol. The van der Waals surface area contributed by atoms with Crippen LogP contribution in [-0.4, -0.2) is 9.55 Å². The topological polar surface area (TPSA) is 17.8 Å². The lowest BCUT2D eigenvalue weighted by molar-refractivity contribution is 1.11. The number of hydrogen-bond donors (Lipinski definition) is 0. The van der Waals surface area contributed by atoms with Gasteiger partial charge >= 0.3 is 0 Å². The van der Waals surface area contributed by atoms with Crippen LogP contribution in [-0.2, 0) is 0 Å². The molecule has 0 saturated carbocycles. The van der Waals surface area contributed by atoms with Crippen molar-refractivity contribution in [3.8, 4) is 16.9 Å². The molecule has 0 bridgehead atoms. The summed E-state index contributed by atoms with van der Waals surface area (Å²) < 4.78 is 2.26. The molecule has 0 aliphatic rings. The first-order chi connectivity index (χ1) is 10.4. The van der Waals surface area contributed by atoms with Gasteiger partial charge in [0.25, 0.3) is 0 Å². The maximum absolute atomic E-state index is 4.26. The Hall–Kier alpha value is -2.87. The van der Waals surface area contributed by atoms with Crippen molar-refractivity contribution in [2.75, 3.05) is 0 Å². The van der Waals surface area contributed by atoms with Gasteiger partial charge in [-0.05, 0) is 29.8 Å². The number of pyridine rings is 1. The zero-order valence-corrected chi connectivity index (χ0v) is 11.5. The van der Waals surface area contributed by atoms with E-state index in [9.17, 15) is 0 Å². The second-order valence-corrected chi connectivity index (χ2v) is 5.00. The Bertz CT molecular complexity index is 877. The highest BCUT2D eigenvalue weighted by Gasteiger charge is 2.11. The summed E-state index contributed by atoms with van der Waals surface area (Å²) in [6.07, 6.45) is 3.70. The fourth-order valence-corrected chi connectivity index (χ4v) is 2.74. The summed E-state index contributed by atoms with van der Waals surface area (Å²) in [6.45, 7) is 0. The molecule has 21 heavy (non-hydrogen) atoms. The quantitative estimate of drug-likeness (QED) is 0.516. The maximum atomic E-state index is 4.26. The zero-order chi connectivity index (χ0) is 14.1. The molecule has 0 aliphatic heterocycles. The third kappa shape index (κ3) is 2.01. The lowest BCUT2D eigenvalue weighted by Gasteiger charge is -2.10. The minimum atomic E-state index is 1.08. The standard InChI is InChI=1S/C19H14N2/c1-2-7-15(8-3-1)19-13-16-9-4-5-11-18(16)21(19)17-10-6-12-20-14-17/h1-14H. The predicted octanol–water partition coefficient (Wildman–Crippen LogP) is 4.69. The second kappa shape index (κ2) is 4.91. The molecule has 0 radical (unpaired) electrons. The molecule has 2 aromatic heterocycles. The fraction of sp³-hybridized carbons (Fsp3) is 0. The van der Waals surface area contributed by atoms with Gasteiger partial charge in [-0.3, -0.25) is 4.98 Å². The van der Waals surface area contributed by atoms with Crippen LogP contribution < -0.4 is 0 Å². The van der Waals surface area contributed by atoms with Crippen LogP contribution in [0.3, 0.4) is 0 Å². The average Bonchev–Trinajstić information content (AvgIpc) is 2.96. The molecule has 2 heterocycles. The molecule has 2 aromatic carbocycles. The Labute approximate surface area is 123 Å². The van der Waals surface area contributed by atoms with Crippen LogP contribution in [0.15, 0.2) is 85.2 Å². The van der Waals surface area contributed by atoms with Gasteiger partial charge in [0.05, 0.1) is 23.1 Å². The maximum Gasteiger partial charge on any atom is 0.0645 e. The van der Waals surface area contributed by atoms with Crippen molar-refractivity contribution in [2.24, 2.45) is 0 Å². The van der Waals surface area contributed by atoms with E-state index in [-0.39, 0.29) is 0 Å². The van der Waals surface area contributed by atoms with E-state index in [4.69, 9.17) is 0 Å². The van der Waals surface area contributed by atoms with Crippen LogP contribution in [0, 0.1) is 0 Å². The third-order valence-corrected chi connectivity index (χ3v) is 3.68. The minimum absolute atomic E-state index is 1.08. The van der Waals surface area contributed by atoms with E-state index in [1.807, 2.05) is 18.3 Å². The molecule has 2 nitrogen and oxygen atoms in total. The third-order valence-electron chi connectivity index (χ3n) is 3.68. The molecule has 0 spiro atoms. The van der Waals surface area contributed by atoms with E-state index in [1.165, 1.54) is 22.2 Å². The fourth-order valence-electron chi connectivity index (χ4n) is 2.74. The highest BCUT2D eigenvalue weighted by atomic mass is 15.0. The van der Waals surface area contributed by atoms with Gasteiger partial charge in [-0.25, -0.2) is 0 Å². The van der Waals surface area contributed by atoms with E-state index >= 15 is 0 Å². The van der Waals surface area contributed by atoms with E-state index in [0.29, 0.717) is 0 Å². The van der Waals surface area contributed by atoms with E-state index in [1.54, 1.807) is 6.20 Å². The SMILES string of the molecule is c1ccc(-c2cc3ccccc3n2-c2cccnc2)cc1. The van der Waals surface area contributed by atoms with Gasteiger partial charge < -0.3 is 4.57 Å². The van der Waals surface area contributed by atoms with Crippen molar-refractivity contribution in [3.63, 3.8) is 0 Å². The number of benzene rings is 2. The molecular weight excluding hydrogens is 256 g/mol. The first-order valence-electron chi connectivity index (χ1n) is 7.00. The summed E-state index contributed by atoms with van der Waals surface area (Å²) in [6, 6.07) is 25.2. The van der Waals surface area contributed by atoms with Gasteiger partial charge in [-0.1, -0.05) is 48.5 Å². The number of fused-ring (bicyclic) bond motifs is 1. The Morgan fingerprint density at radius 3 is 2.38 bits per heavy atom. The number of aromatic nitrogens is 2. The molecule has 0 aliphatic carbocycles. The molecule has 0 unspecified atom stereocenters. The Morgan fingerprint density at radius 2 is 1.57 bits per heavy atom. The normalized spacial score (nSPS) is 10.9. The molecule has 0 atom stereocenters. The molecule has 100 valence electrons. The van der Waals surface area contributed by atoms with Crippen molar-refractivity contribution >= 4 is 10.9 Å². The number of hydrogen-bond acceptors (Lipinski definition) is 1. The van der Waals surface area contributed by atoms with Crippen LogP contribution >= 0.6 is 0 Å². The minimum Gasteiger partial charge on any atom is -0.308 e. The molecule has 0 amide bonds. The largest absolute Gasteiger partial charge is 0.308 e. The van der Waals surface area contributed by atoms with Crippen LogP contribution in [0.1, 0.15) is 0 Å². The Morgan fingerprint density at radius 1 is 0.762 bits per heavy atom. The lowest BCUT2D eigenvalue weighted by atomic mass is 10.1. The summed E-state index contributed by atoms with van der Waals surface area (Å²) in [4.78, 5) is 4.26. The second-order valence-electron chi connectivity index (χ2n) is 5.00. The van der Waals surface area contributed by atoms with Crippen molar-refractivity contribution in [2.45, 2.75) is 0 Å². The number of para-hydroxylation sites is 1. The van der Waals surface area contributed by atoms with Gasteiger partial charge in [-0.2, -0.15) is 0 Å². The highest BCUT2D eigenvalue weighted by molar-refractivity contribution is 5.89. The van der Waals surface area contributed by atoms with Gasteiger partial charge in [0.15, 0.2) is 0 Å². The Balaban J connectivity index is 2.07. The molecule has 0 fully saturated rings. The van der Waals surface area contributed by atoms with Crippen LogP contribution in [0.25, 0.3) is 27.8 Å². The molecule has 0 N–H and O–H groups in total. The van der Waals surface area contributed by atoms with Crippen molar-refractivity contribution in [3.05, 3.63) is 85.2 Å². The molecule has 0 saturated heterocycles. The first-order valence-corrected chi connectivity index (χ1v) is 7.00. The average molecular weight is 270 g/mol. The van der Waals surface area contributed by atoms with Gasteiger partial charge in [0.1, 0.15) is 0 Å². The summed E-state index contributed by atoms with van der Waals surface area (Å²) in [5, 5.41) is 1.24. The zero-order valence-electron chi connectivity index (χ0n) is 11.5. The van der Waals surface area contributed by atoms with Gasteiger partial charge in [0.2, 0.25) is 0 Å². The van der Waals surface area contributed by atoms with E-state index < -0.39 is 0 Å². The van der Waals surface area contributed by atoms with E-state index in [0.717, 1.165) is 5.69 Å². The van der Waals surface area contributed by atoms with Crippen LogP contribution in [0.5, 0.6) is 0 Å². The van der Waals surface area contributed by atoms with Crippen molar-refractivity contribution in [1.82, 2.24) is 9.55 Å². The highest BCUT2D eigenvalue weighted by Crippen LogP contribution is 2.30. The molecule has 2 heteroatoms. The number of nitrogens with zero attached hydrogens (tertiary/aromatic N) is 2. The molecular formula is C19H14N2. The van der Waals surface area contributed by atoms with Crippen LogP contribution in [0.4, 0.5) is 0 Å². The summed E-state index contributed by atoms with van der Waals surface area (Å²) >= 11 is 0. The number of rotatable bonds is 2.